The van der Waals surface area contributed by atoms with Gasteiger partial charge in [0.2, 0.25) is 0 Å². The van der Waals surface area contributed by atoms with E-state index in [1.54, 1.807) is 13.3 Å². The second-order valence-corrected chi connectivity index (χ2v) is 2.92. The van der Waals surface area contributed by atoms with Gasteiger partial charge in [0.15, 0.2) is 0 Å². The fraction of sp³-hybridized carbons (Fsp3) is 0.500. The molecule has 5 nitrogen and oxygen atoms in total. The Hall–Kier alpha value is -1.36. The number of hydrogen-bond donors (Lipinski definition) is 3. The van der Waals surface area contributed by atoms with Crippen molar-refractivity contribution in [3.8, 4) is 0 Å². The molecule has 0 amide bonds. The van der Waals surface area contributed by atoms with Crippen LogP contribution in [0.1, 0.15) is 18.3 Å². The quantitative estimate of drug-likeness (QED) is 0.626. The van der Waals surface area contributed by atoms with Gasteiger partial charge in [0.1, 0.15) is 6.04 Å². The van der Waals surface area contributed by atoms with Crippen LogP contribution in [0.5, 0.6) is 0 Å². The van der Waals surface area contributed by atoms with Crippen LogP contribution in [0.3, 0.4) is 0 Å². The van der Waals surface area contributed by atoms with Crippen LogP contribution in [-0.2, 0) is 11.3 Å². The highest BCUT2D eigenvalue weighted by molar-refractivity contribution is 5.72. The van der Waals surface area contributed by atoms with E-state index >= 15 is 0 Å². The number of carboxylic acid groups (broad SMARTS) is 1. The van der Waals surface area contributed by atoms with Gasteiger partial charge >= 0.3 is 5.97 Å². The average Bonchev–Trinajstić information content (AvgIpc) is 2.47. The number of hydrogen-bond acceptors (Lipinski definition) is 3. The normalized spacial score (nSPS) is 12.8. The molecule has 1 aromatic rings. The number of carbonyl (C=O) groups is 1. The van der Waals surface area contributed by atoms with Crippen LogP contribution in [-0.4, -0.2) is 27.1 Å². The van der Waals surface area contributed by atoms with E-state index in [0.717, 1.165) is 11.4 Å². The highest BCUT2D eigenvalue weighted by Crippen LogP contribution is 1.99. The van der Waals surface area contributed by atoms with E-state index in [2.05, 4.69) is 15.3 Å². The molecule has 0 fully saturated rings. The Morgan fingerprint density at radius 1 is 1.85 bits per heavy atom. The van der Waals surface area contributed by atoms with E-state index in [1.165, 1.54) is 0 Å². The molecular formula is C8H13N3O2. The van der Waals surface area contributed by atoms with Crippen molar-refractivity contribution in [1.29, 1.82) is 0 Å². The summed E-state index contributed by atoms with van der Waals surface area (Å²) >= 11 is 0. The third-order valence-electron chi connectivity index (χ3n) is 1.88. The zero-order valence-corrected chi connectivity index (χ0v) is 7.66. The predicted molar refractivity (Wildman–Crippen MR) is 47.3 cm³/mol. The van der Waals surface area contributed by atoms with Gasteiger partial charge in [-0.05, 0) is 13.8 Å². The summed E-state index contributed by atoms with van der Waals surface area (Å²) in [6, 6.07) is -0.545. The Kier molecular flexibility index (Phi) is 3.02. The lowest BCUT2D eigenvalue weighted by atomic mass is 10.3. The van der Waals surface area contributed by atoms with Gasteiger partial charge in [0.05, 0.1) is 12.0 Å². The number of H-pyrrole nitrogens is 1. The molecule has 72 valence electrons. The minimum atomic E-state index is -0.854. The van der Waals surface area contributed by atoms with Gasteiger partial charge in [0, 0.05) is 12.2 Å². The van der Waals surface area contributed by atoms with Crippen molar-refractivity contribution in [2.75, 3.05) is 0 Å². The summed E-state index contributed by atoms with van der Waals surface area (Å²) in [5, 5.41) is 11.4. The van der Waals surface area contributed by atoms with Gasteiger partial charge in [-0.2, -0.15) is 0 Å². The Labute approximate surface area is 76.2 Å². The van der Waals surface area contributed by atoms with Gasteiger partial charge in [-0.25, -0.2) is 4.98 Å². The smallest absolute Gasteiger partial charge is 0.320 e. The second-order valence-electron chi connectivity index (χ2n) is 2.92. The lowest BCUT2D eigenvalue weighted by Crippen LogP contribution is -2.33. The van der Waals surface area contributed by atoms with Crippen LogP contribution in [0, 0.1) is 6.92 Å². The molecule has 1 heterocycles. The third-order valence-corrected chi connectivity index (χ3v) is 1.88. The van der Waals surface area contributed by atoms with E-state index < -0.39 is 12.0 Å². The fourth-order valence-electron chi connectivity index (χ4n) is 0.902. The molecule has 1 rings (SSSR count). The zero-order valence-electron chi connectivity index (χ0n) is 7.66. The van der Waals surface area contributed by atoms with E-state index in [-0.39, 0.29) is 0 Å². The zero-order chi connectivity index (χ0) is 9.84. The van der Waals surface area contributed by atoms with Crippen molar-refractivity contribution < 1.29 is 9.90 Å². The number of rotatable bonds is 4. The highest BCUT2D eigenvalue weighted by Gasteiger charge is 2.10. The summed E-state index contributed by atoms with van der Waals surface area (Å²) < 4.78 is 0. The molecule has 0 aliphatic rings. The Morgan fingerprint density at radius 3 is 3.00 bits per heavy atom. The van der Waals surface area contributed by atoms with Crippen molar-refractivity contribution in [2.45, 2.75) is 26.4 Å². The number of aliphatic carboxylic acids is 1. The second kappa shape index (κ2) is 4.04. The average molecular weight is 183 g/mol. The van der Waals surface area contributed by atoms with Gasteiger partial charge in [-0.15, -0.1) is 0 Å². The maximum Gasteiger partial charge on any atom is 0.320 e. The van der Waals surface area contributed by atoms with E-state index in [9.17, 15) is 4.79 Å². The van der Waals surface area contributed by atoms with Gasteiger partial charge < -0.3 is 10.1 Å². The molecule has 0 aromatic carbocycles. The van der Waals surface area contributed by atoms with Crippen LogP contribution >= 0.6 is 0 Å². The van der Waals surface area contributed by atoms with Crippen LogP contribution in [0.25, 0.3) is 0 Å². The molecule has 3 N–H and O–H groups in total. The molecule has 0 saturated heterocycles. The van der Waals surface area contributed by atoms with Crippen LogP contribution in [0.2, 0.25) is 0 Å². The first-order chi connectivity index (χ1) is 6.11. The van der Waals surface area contributed by atoms with Gasteiger partial charge in [0.25, 0.3) is 0 Å². The number of nitrogens with zero attached hydrogens (tertiary/aromatic N) is 1. The minimum absolute atomic E-state index is 0.475. The first-order valence-corrected chi connectivity index (χ1v) is 4.06. The number of nitrogens with one attached hydrogen (secondary N) is 2. The third kappa shape index (κ3) is 2.55. The van der Waals surface area contributed by atoms with E-state index in [0.29, 0.717) is 6.54 Å². The SMILES string of the molecule is Cc1[nH]cnc1CNC(C)C(=O)O. The fourth-order valence-corrected chi connectivity index (χ4v) is 0.902. The Bertz CT molecular complexity index is 295. The van der Waals surface area contributed by atoms with Crippen molar-refractivity contribution in [2.24, 2.45) is 0 Å². The summed E-state index contributed by atoms with van der Waals surface area (Å²) in [4.78, 5) is 17.4. The molecule has 1 unspecified atom stereocenters. The topological polar surface area (TPSA) is 78.0 Å². The molecule has 1 atom stereocenters. The lowest BCUT2D eigenvalue weighted by molar-refractivity contribution is -0.139. The number of carboxylic acids is 1. The number of aryl methyl sites for hydroxylation is 1. The molecule has 0 aliphatic carbocycles. The molecular weight excluding hydrogens is 170 g/mol. The first kappa shape index (κ1) is 9.73. The molecule has 0 bridgehead atoms. The molecule has 0 spiro atoms. The molecule has 0 saturated carbocycles. The highest BCUT2D eigenvalue weighted by atomic mass is 16.4. The molecule has 1 aromatic heterocycles. The summed E-state index contributed by atoms with van der Waals surface area (Å²) in [5.74, 6) is -0.854. The largest absolute Gasteiger partial charge is 0.480 e. The summed E-state index contributed by atoms with van der Waals surface area (Å²) in [5.41, 5.74) is 1.82. The van der Waals surface area contributed by atoms with E-state index in [4.69, 9.17) is 5.11 Å². The maximum absolute atomic E-state index is 10.5. The predicted octanol–water partition coefficient (Wildman–Crippen LogP) is 0.281. The molecule has 0 radical (unpaired) electrons. The minimum Gasteiger partial charge on any atom is -0.480 e. The van der Waals surface area contributed by atoms with Gasteiger partial charge in [-0.3, -0.25) is 10.1 Å². The maximum atomic E-state index is 10.5. The Balaban J connectivity index is 2.44. The first-order valence-electron chi connectivity index (χ1n) is 4.06. The summed E-state index contributed by atoms with van der Waals surface area (Å²) in [6.07, 6.45) is 1.60. The van der Waals surface area contributed by atoms with Crippen LogP contribution in [0.4, 0.5) is 0 Å². The molecule has 5 heteroatoms. The lowest BCUT2D eigenvalue weighted by Gasteiger charge is -2.07. The van der Waals surface area contributed by atoms with Crippen LogP contribution in [0.15, 0.2) is 6.33 Å². The monoisotopic (exact) mass is 183 g/mol. The van der Waals surface area contributed by atoms with E-state index in [1.807, 2.05) is 6.92 Å². The standard InChI is InChI=1S/C8H13N3O2/c1-5-7(11-4-10-5)3-9-6(2)8(12)13/h4,6,9H,3H2,1-2H3,(H,10,11)(H,12,13). The van der Waals surface area contributed by atoms with Crippen molar-refractivity contribution in [1.82, 2.24) is 15.3 Å². The molecule has 13 heavy (non-hydrogen) atoms. The van der Waals surface area contributed by atoms with Crippen molar-refractivity contribution in [3.05, 3.63) is 17.7 Å². The summed E-state index contributed by atoms with van der Waals surface area (Å²) in [6.45, 7) is 3.97. The Morgan fingerprint density at radius 2 is 2.54 bits per heavy atom. The van der Waals surface area contributed by atoms with Crippen molar-refractivity contribution >= 4 is 5.97 Å². The van der Waals surface area contributed by atoms with Crippen LogP contribution < -0.4 is 5.32 Å². The number of aromatic nitrogens is 2. The van der Waals surface area contributed by atoms with Gasteiger partial charge in [-0.1, -0.05) is 0 Å². The summed E-state index contributed by atoms with van der Waals surface area (Å²) in [7, 11) is 0. The molecule has 0 aliphatic heterocycles. The number of imidazole rings is 1. The van der Waals surface area contributed by atoms with Crippen molar-refractivity contribution in [3.63, 3.8) is 0 Å². The number of aromatic amines is 1.